The minimum absolute atomic E-state index is 0.0166. The van der Waals surface area contributed by atoms with Crippen molar-refractivity contribution in [2.75, 3.05) is 45.8 Å². The predicted molar refractivity (Wildman–Crippen MR) is 111 cm³/mol. The average Bonchev–Trinajstić information content (AvgIpc) is 2.74. The summed E-state index contributed by atoms with van der Waals surface area (Å²) in [6.07, 6.45) is 4.50. The van der Waals surface area contributed by atoms with Gasteiger partial charge in [-0.25, -0.2) is 4.79 Å². The molecule has 1 unspecified atom stereocenters. The number of amides is 3. The van der Waals surface area contributed by atoms with Gasteiger partial charge >= 0.3 is 6.03 Å². The van der Waals surface area contributed by atoms with Gasteiger partial charge in [0.05, 0.1) is 12.6 Å². The van der Waals surface area contributed by atoms with Crippen molar-refractivity contribution < 1.29 is 9.59 Å². The third-order valence-electron chi connectivity index (χ3n) is 5.96. The minimum atomic E-state index is -0.0194. The van der Waals surface area contributed by atoms with Crippen LogP contribution in [-0.2, 0) is 11.2 Å². The first-order valence-corrected chi connectivity index (χ1v) is 10.7. The minimum Gasteiger partial charge on any atom is -0.342 e. The van der Waals surface area contributed by atoms with Gasteiger partial charge in [0.2, 0.25) is 5.91 Å². The molecule has 2 heterocycles. The highest BCUT2D eigenvalue weighted by Crippen LogP contribution is 2.15. The van der Waals surface area contributed by atoms with Crippen molar-refractivity contribution in [3.63, 3.8) is 0 Å². The van der Waals surface area contributed by atoms with E-state index in [9.17, 15) is 9.59 Å². The number of benzene rings is 1. The van der Waals surface area contributed by atoms with Gasteiger partial charge in [-0.3, -0.25) is 9.69 Å². The molecule has 6 heteroatoms. The van der Waals surface area contributed by atoms with Crippen molar-refractivity contribution in [3.8, 4) is 0 Å². The summed E-state index contributed by atoms with van der Waals surface area (Å²) in [5.41, 5.74) is 2.42. The number of piperazine rings is 1. The number of likely N-dealkylation sites (tertiary alicyclic amines) is 1. The third-order valence-corrected chi connectivity index (χ3v) is 5.96. The molecule has 2 aliphatic heterocycles. The molecule has 1 N–H and O–H groups in total. The first-order chi connectivity index (χ1) is 13.6. The van der Waals surface area contributed by atoms with Gasteiger partial charge in [-0.2, -0.15) is 0 Å². The van der Waals surface area contributed by atoms with E-state index in [1.807, 2.05) is 16.7 Å². The molecule has 1 aromatic carbocycles. The topological polar surface area (TPSA) is 55.9 Å². The molecule has 3 rings (SSSR count). The zero-order valence-electron chi connectivity index (χ0n) is 17.3. The largest absolute Gasteiger partial charge is 0.342 e. The molecule has 3 amide bonds. The molecular formula is C22H34N4O2. The van der Waals surface area contributed by atoms with Gasteiger partial charge in [-0.15, -0.1) is 0 Å². The van der Waals surface area contributed by atoms with Gasteiger partial charge in [0, 0.05) is 39.3 Å². The van der Waals surface area contributed by atoms with Crippen LogP contribution in [0, 0.1) is 0 Å². The molecule has 0 saturated carbocycles. The van der Waals surface area contributed by atoms with Crippen molar-refractivity contribution in [1.82, 2.24) is 20.0 Å². The fraction of sp³-hybridized carbons (Fsp3) is 0.636. The van der Waals surface area contributed by atoms with Gasteiger partial charge < -0.3 is 15.1 Å². The second-order valence-corrected chi connectivity index (χ2v) is 7.97. The van der Waals surface area contributed by atoms with Crippen LogP contribution in [0.3, 0.4) is 0 Å². The number of nitrogens with zero attached hydrogens (tertiary/aromatic N) is 3. The molecule has 0 spiro atoms. The zero-order chi connectivity index (χ0) is 19.9. The summed E-state index contributed by atoms with van der Waals surface area (Å²) < 4.78 is 0. The Balaban J connectivity index is 1.42. The summed E-state index contributed by atoms with van der Waals surface area (Å²) >= 11 is 0. The van der Waals surface area contributed by atoms with Gasteiger partial charge in [0.25, 0.3) is 0 Å². The fourth-order valence-corrected chi connectivity index (χ4v) is 3.95. The third kappa shape index (κ3) is 5.47. The van der Waals surface area contributed by atoms with E-state index in [1.54, 1.807) is 0 Å². The summed E-state index contributed by atoms with van der Waals surface area (Å²) in [5.74, 6) is 0.238. The number of urea groups is 1. The Morgan fingerprint density at radius 2 is 1.57 bits per heavy atom. The van der Waals surface area contributed by atoms with E-state index in [0.717, 1.165) is 51.0 Å². The van der Waals surface area contributed by atoms with E-state index in [2.05, 4.69) is 41.4 Å². The second kappa shape index (κ2) is 9.92. The van der Waals surface area contributed by atoms with E-state index < -0.39 is 0 Å². The van der Waals surface area contributed by atoms with Crippen LogP contribution in [0.4, 0.5) is 4.79 Å². The molecule has 1 aromatic rings. The monoisotopic (exact) mass is 386 g/mol. The molecule has 2 aliphatic rings. The number of rotatable bonds is 5. The van der Waals surface area contributed by atoms with E-state index >= 15 is 0 Å². The Morgan fingerprint density at radius 3 is 2.18 bits per heavy atom. The summed E-state index contributed by atoms with van der Waals surface area (Å²) in [7, 11) is 0. The van der Waals surface area contributed by atoms with Crippen LogP contribution in [0.5, 0.6) is 0 Å². The maximum atomic E-state index is 12.6. The lowest BCUT2D eigenvalue weighted by atomic mass is 10.1. The molecule has 0 bridgehead atoms. The molecule has 154 valence electrons. The van der Waals surface area contributed by atoms with E-state index in [0.29, 0.717) is 19.6 Å². The maximum Gasteiger partial charge on any atom is 0.317 e. The Hall–Kier alpha value is -2.08. The molecule has 2 saturated heterocycles. The normalized spacial score (nSPS) is 19.4. The van der Waals surface area contributed by atoms with Crippen LogP contribution in [0.2, 0.25) is 0 Å². The summed E-state index contributed by atoms with van der Waals surface area (Å²) in [5, 5.41) is 3.10. The van der Waals surface area contributed by atoms with Crippen LogP contribution in [-0.4, -0.2) is 72.5 Å². The number of aryl methyl sites for hydroxylation is 1. The second-order valence-electron chi connectivity index (χ2n) is 7.97. The molecule has 2 fully saturated rings. The van der Waals surface area contributed by atoms with Crippen molar-refractivity contribution >= 4 is 11.9 Å². The average molecular weight is 387 g/mol. The predicted octanol–water partition coefficient (Wildman–Crippen LogP) is 2.65. The SMILES string of the molecule is CCc1ccc(C(C)NC(=O)N2CCN(CC(=O)N3CCCCC3)CC2)cc1. The Kier molecular flexibility index (Phi) is 7.31. The highest BCUT2D eigenvalue weighted by molar-refractivity contribution is 5.78. The Morgan fingerprint density at radius 1 is 0.929 bits per heavy atom. The summed E-state index contributed by atoms with van der Waals surface area (Å²) in [6.45, 7) is 9.29. The number of carbonyl (C=O) groups excluding carboxylic acids is 2. The lowest BCUT2D eigenvalue weighted by Gasteiger charge is -2.36. The smallest absolute Gasteiger partial charge is 0.317 e. The van der Waals surface area contributed by atoms with Crippen LogP contribution in [0.1, 0.15) is 50.3 Å². The van der Waals surface area contributed by atoms with Crippen LogP contribution < -0.4 is 5.32 Å². The lowest BCUT2D eigenvalue weighted by molar-refractivity contribution is -0.133. The van der Waals surface area contributed by atoms with E-state index in [4.69, 9.17) is 0 Å². The first kappa shape index (κ1) is 20.6. The zero-order valence-corrected chi connectivity index (χ0v) is 17.3. The van der Waals surface area contributed by atoms with Crippen LogP contribution in [0.25, 0.3) is 0 Å². The number of nitrogens with one attached hydrogen (secondary N) is 1. The van der Waals surface area contributed by atoms with Gasteiger partial charge in [0.15, 0.2) is 0 Å². The molecule has 28 heavy (non-hydrogen) atoms. The Labute approximate surface area is 168 Å². The van der Waals surface area contributed by atoms with Gasteiger partial charge in [-0.05, 0) is 43.7 Å². The summed E-state index contributed by atoms with van der Waals surface area (Å²) in [6, 6.07) is 8.39. The molecule has 0 aromatic heterocycles. The molecule has 0 aliphatic carbocycles. The lowest BCUT2D eigenvalue weighted by Crippen LogP contribution is -2.54. The fourth-order valence-electron chi connectivity index (χ4n) is 3.95. The van der Waals surface area contributed by atoms with Crippen molar-refractivity contribution in [3.05, 3.63) is 35.4 Å². The Bertz CT molecular complexity index is 647. The molecule has 1 atom stereocenters. The molecular weight excluding hydrogens is 352 g/mol. The molecule has 6 nitrogen and oxygen atoms in total. The van der Waals surface area contributed by atoms with E-state index in [1.165, 1.54) is 12.0 Å². The van der Waals surface area contributed by atoms with Crippen molar-refractivity contribution in [2.24, 2.45) is 0 Å². The van der Waals surface area contributed by atoms with Crippen molar-refractivity contribution in [2.45, 2.75) is 45.6 Å². The van der Waals surface area contributed by atoms with E-state index in [-0.39, 0.29) is 18.0 Å². The molecule has 0 radical (unpaired) electrons. The maximum absolute atomic E-state index is 12.6. The first-order valence-electron chi connectivity index (χ1n) is 10.7. The number of hydrogen-bond donors (Lipinski definition) is 1. The van der Waals surface area contributed by atoms with Crippen molar-refractivity contribution in [1.29, 1.82) is 0 Å². The summed E-state index contributed by atoms with van der Waals surface area (Å²) in [4.78, 5) is 31.1. The highest BCUT2D eigenvalue weighted by Gasteiger charge is 2.25. The number of piperidine rings is 1. The standard InChI is InChI=1S/C22H34N4O2/c1-3-19-7-9-20(10-8-19)18(2)23-22(28)26-15-13-24(14-16-26)17-21(27)25-11-5-4-6-12-25/h7-10,18H,3-6,11-17H2,1-2H3,(H,23,28). The quantitative estimate of drug-likeness (QED) is 0.846. The van der Waals surface area contributed by atoms with Gasteiger partial charge in [-0.1, -0.05) is 31.2 Å². The van der Waals surface area contributed by atoms with Gasteiger partial charge in [0.1, 0.15) is 0 Å². The van der Waals surface area contributed by atoms with Crippen LogP contribution in [0.15, 0.2) is 24.3 Å². The number of hydrogen-bond acceptors (Lipinski definition) is 3. The number of carbonyl (C=O) groups is 2. The highest BCUT2D eigenvalue weighted by atomic mass is 16.2. The van der Waals surface area contributed by atoms with Crippen LogP contribution >= 0.6 is 0 Å².